The number of rotatable bonds is 2. The molecule has 1 fully saturated rings. The van der Waals surface area contributed by atoms with Crippen molar-refractivity contribution in [1.29, 1.82) is 0 Å². The zero-order valence-corrected chi connectivity index (χ0v) is 24.0. The van der Waals surface area contributed by atoms with Crippen LogP contribution < -0.4 is 15.0 Å². The fourth-order valence-corrected chi connectivity index (χ4v) is 7.78. The van der Waals surface area contributed by atoms with Crippen molar-refractivity contribution in [2.45, 2.75) is 11.5 Å². The minimum Gasteiger partial charge on any atom is -0.490 e. The molecule has 30 heavy (non-hydrogen) atoms. The van der Waals surface area contributed by atoms with Gasteiger partial charge in [0, 0.05) is 39.9 Å². The van der Waals surface area contributed by atoms with Crippen LogP contribution >= 0.6 is 90.4 Å². The third-order valence-electron chi connectivity index (χ3n) is 5.51. The number of hydrogen-bond donors (Lipinski definition) is 2. The van der Waals surface area contributed by atoms with Gasteiger partial charge in [0.05, 0.1) is 11.4 Å². The maximum absolute atomic E-state index is 13.3. The molecule has 2 N–H and O–H groups in total. The Morgan fingerprint density at radius 3 is 2.80 bits per heavy atom. The Labute approximate surface area is 228 Å². The van der Waals surface area contributed by atoms with Crippen LogP contribution in [0.25, 0.3) is 0 Å². The first-order valence-corrected chi connectivity index (χ1v) is 13.6. The summed E-state index contributed by atoms with van der Waals surface area (Å²) in [5.74, 6) is 0.952. The van der Waals surface area contributed by atoms with E-state index in [1.54, 1.807) is 0 Å². The predicted molar refractivity (Wildman–Crippen MR) is 152 cm³/mol. The molecule has 0 amide bonds. The van der Waals surface area contributed by atoms with Gasteiger partial charge in [-0.25, -0.2) is 4.99 Å². The van der Waals surface area contributed by atoms with Gasteiger partial charge in [-0.2, -0.15) is 0 Å². The Kier molecular flexibility index (Phi) is 5.71. The highest BCUT2D eigenvalue weighted by molar-refractivity contribution is 14.3. The number of carbonyl (C=O) groups is 1. The topological polar surface area (TPSA) is 74.2 Å². The van der Waals surface area contributed by atoms with Crippen LogP contribution in [0.2, 0.25) is 0 Å². The van der Waals surface area contributed by atoms with E-state index in [9.17, 15) is 9.90 Å². The van der Waals surface area contributed by atoms with E-state index in [0.29, 0.717) is 36.7 Å². The SMILES string of the molecule is O=C1c2cc(I)c(C(I)(I)I)cc2N=C2N(c3ccc4c(c3)NCCO4)CCC12O. The molecule has 0 saturated carbocycles. The Morgan fingerprint density at radius 2 is 2.03 bits per heavy atom. The number of Topliss-reactive ketones (excluding diaryl/α,β-unsaturated/α-hetero) is 1. The Hall–Kier alpha value is 0.0600. The lowest BCUT2D eigenvalue weighted by Crippen LogP contribution is -2.48. The van der Waals surface area contributed by atoms with Crippen molar-refractivity contribution in [3.63, 3.8) is 0 Å². The van der Waals surface area contributed by atoms with Crippen LogP contribution in [-0.4, -0.2) is 42.0 Å². The van der Waals surface area contributed by atoms with Crippen molar-refractivity contribution < 1.29 is 14.6 Å². The molecule has 1 atom stereocenters. The molecule has 1 unspecified atom stereocenters. The van der Waals surface area contributed by atoms with Gasteiger partial charge in [0.15, 0.2) is 5.60 Å². The van der Waals surface area contributed by atoms with Crippen LogP contribution in [0.4, 0.5) is 17.1 Å². The van der Waals surface area contributed by atoms with Gasteiger partial charge in [0.1, 0.15) is 17.6 Å². The lowest BCUT2D eigenvalue weighted by atomic mass is 9.87. The van der Waals surface area contributed by atoms with Crippen molar-refractivity contribution in [1.82, 2.24) is 0 Å². The zero-order chi connectivity index (χ0) is 21.3. The summed E-state index contributed by atoms with van der Waals surface area (Å²) in [5, 5.41) is 14.7. The zero-order valence-electron chi connectivity index (χ0n) is 15.4. The molecular weight excluding hydrogens is 838 g/mol. The fraction of sp³-hybridized carbons (Fsp3) is 0.300. The first kappa shape index (κ1) is 21.9. The molecule has 1 saturated heterocycles. The number of aliphatic hydroxyl groups is 1. The molecule has 156 valence electrons. The van der Waals surface area contributed by atoms with E-state index in [1.165, 1.54) is 0 Å². The number of ketones is 1. The number of amidine groups is 1. The van der Waals surface area contributed by atoms with Gasteiger partial charge < -0.3 is 20.1 Å². The average Bonchev–Trinajstić information content (AvgIpc) is 3.05. The molecule has 10 heteroatoms. The summed E-state index contributed by atoms with van der Waals surface area (Å²) in [7, 11) is 0. The number of nitrogens with one attached hydrogen (secondary N) is 1. The molecule has 5 rings (SSSR count). The van der Waals surface area contributed by atoms with Crippen LogP contribution in [0.15, 0.2) is 35.3 Å². The van der Waals surface area contributed by atoms with Crippen LogP contribution in [0.3, 0.4) is 0 Å². The van der Waals surface area contributed by atoms with Crippen LogP contribution in [0, 0.1) is 3.57 Å². The van der Waals surface area contributed by atoms with Crippen molar-refractivity contribution in [2.75, 3.05) is 29.9 Å². The first-order chi connectivity index (χ1) is 14.2. The Morgan fingerprint density at radius 1 is 1.23 bits per heavy atom. The average molecular weight is 853 g/mol. The van der Waals surface area contributed by atoms with E-state index < -0.39 is 5.60 Å². The predicted octanol–water partition coefficient (Wildman–Crippen LogP) is 5.38. The second-order valence-corrected chi connectivity index (χ2v) is 19.5. The van der Waals surface area contributed by atoms with Crippen molar-refractivity contribution in [2.24, 2.45) is 4.99 Å². The number of nitrogens with zero attached hydrogens (tertiary/aromatic N) is 2. The number of aliphatic imine (C=N–C) groups is 1. The maximum Gasteiger partial charge on any atom is 0.204 e. The number of ether oxygens (including phenoxy) is 1. The maximum atomic E-state index is 13.3. The monoisotopic (exact) mass is 853 g/mol. The highest BCUT2D eigenvalue weighted by Gasteiger charge is 2.52. The van der Waals surface area contributed by atoms with E-state index >= 15 is 0 Å². The molecule has 6 nitrogen and oxygen atoms in total. The number of carbonyl (C=O) groups excluding carboxylic acids is 1. The number of alkyl halides is 3. The molecular formula is C20H15I4N3O3. The standard InChI is InChI=1S/C20H15I4N3O3/c21-13-8-11-14(9-12(13)20(22,23)24)26-18-19(29,17(11)28)3-5-27(18)10-1-2-16-15(7-10)25-4-6-30-16/h1-2,7-9,25,29H,3-6H2. The number of benzene rings is 2. The van der Waals surface area contributed by atoms with E-state index in [-0.39, 0.29) is 5.22 Å². The fourth-order valence-electron chi connectivity index (χ4n) is 4.02. The van der Waals surface area contributed by atoms with E-state index in [0.717, 1.165) is 32.8 Å². The summed E-state index contributed by atoms with van der Waals surface area (Å²) in [6.45, 7) is 1.91. The van der Waals surface area contributed by atoms with Crippen LogP contribution in [0.5, 0.6) is 5.75 Å². The lowest BCUT2D eigenvalue weighted by molar-refractivity contribution is 0.0602. The molecule has 0 aliphatic carbocycles. The van der Waals surface area contributed by atoms with Crippen LogP contribution in [-0.2, 0) is -0.565 Å². The van der Waals surface area contributed by atoms with Gasteiger partial charge in [-0.1, -0.05) is 0 Å². The van der Waals surface area contributed by atoms with E-state index in [2.05, 4.69) is 95.7 Å². The summed E-state index contributed by atoms with van der Waals surface area (Å²) in [4.78, 5) is 20.1. The summed E-state index contributed by atoms with van der Waals surface area (Å²) in [6.07, 6.45) is 0.318. The summed E-state index contributed by atoms with van der Waals surface area (Å²) >= 11 is 9.37. The smallest absolute Gasteiger partial charge is 0.204 e. The minimum absolute atomic E-state index is 0.157. The summed E-state index contributed by atoms with van der Waals surface area (Å²) in [5.41, 5.74) is 2.42. The number of hydrogen-bond acceptors (Lipinski definition) is 6. The third kappa shape index (κ3) is 3.55. The molecule has 0 radical (unpaired) electrons. The quantitative estimate of drug-likeness (QED) is 0.314. The molecule has 0 bridgehead atoms. The van der Waals surface area contributed by atoms with Crippen molar-refractivity contribution >= 4 is 119 Å². The minimum atomic E-state index is -1.59. The Bertz CT molecular complexity index is 1120. The third-order valence-corrected chi connectivity index (χ3v) is 8.15. The molecule has 3 aliphatic heterocycles. The second-order valence-electron chi connectivity index (χ2n) is 7.33. The molecule has 2 aromatic carbocycles. The van der Waals surface area contributed by atoms with Crippen LogP contribution in [0.1, 0.15) is 22.3 Å². The van der Waals surface area contributed by atoms with Crippen molar-refractivity contribution in [3.05, 3.63) is 45.0 Å². The first-order valence-electron chi connectivity index (χ1n) is 9.24. The Balaban J connectivity index is 1.62. The molecule has 0 spiro atoms. The van der Waals surface area contributed by atoms with Gasteiger partial charge in [-0.3, -0.25) is 4.79 Å². The normalized spacial score (nSPS) is 22.5. The summed E-state index contributed by atoms with van der Waals surface area (Å²) in [6, 6.07) is 9.70. The second kappa shape index (κ2) is 7.83. The summed E-state index contributed by atoms with van der Waals surface area (Å²) < 4.78 is 6.51. The van der Waals surface area contributed by atoms with E-state index in [4.69, 9.17) is 9.73 Å². The number of anilines is 2. The molecule has 0 aromatic heterocycles. The van der Waals surface area contributed by atoms with Gasteiger partial charge >= 0.3 is 0 Å². The van der Waals surface area contributed by atoms with Gasteiger partial charge in [0.25, 0.3) is 0 Å². The highest BCUT2D eigenvalue weighted by Crippen LogP contribution is 2.50. The lowest BCUT2D eigenvalue weighted by Gasteiger charge is -2.31. The number of halogens is 4. The van der Waals surface area contributed by atoms with Gasteiger partial charge in [-0.05, 0) is 121 Å². The molecule has 2 aromatic rings. The molecule has 3 heterocycles. The largest absolute Gasteiger partial charge is 0.490 e. The van der Waals surface area contributed by atoms with Gasteiger partial charge in [0.2, 0.25) is 5.78 Å². The number of fused-ring (bicyclic) bond motifs is 3. The van der Waals surface area contributed by atoms with Gasteiger partial charge in [-0.15, -0.1) is 0 Å². The van der Waals surface area contributed by atoms with Crippen molar-refractivity contribution in [3.8, 4) is 5.75 Å². The van der Waals surface area contributed by atoms with E-state index in [1.807, 2.05) is 35.2 Å². The molecule has 3 aliphatic rings. The highest BCUT2D eigenvalue weighted by atomic mass is 127.